The van der Waals surface area contributed by atoms with Crippen LogP contribution in [0, 0.1) is 5.82 Å². The van der Waals surface area contributed by atoms with Gasteiger partial charge in [0.25, 0.3) is 0 Å². The quantitative estimate of drug-likeness (QED) is 0.469. The molecular weight excluding hydrogens is 504 g/mol. The van der Waals surface area contributed by atoms with Crippen LogP contribution in [0.25, 0.3) is 0 Å². The fourth-order valence-electron chi connectivity index (χ4n) is 3.53. The van der Waals surface area contributed by atoms with Crippen LogP contribution in [0.5, 0.6) is 0 Å². The van der Waals surface area contributed by atoms with E-state index in [1.165, 1.54) is 36.2 Å². The van der Waals surface area contributed by atoms with Crippen LogP contribution in [-0.4, -0.2) is 51.0 Å². The molecule has 11 heteroatoms. The predicted molar refractivity (Wildman–Crippen MR) is 133 cm³/mol. The Bertz CT molecular complexity index is 1110. The van der Waals surface area contributed by atoms with Gasteiger partial charge in [-0.05, 0) is 48.7 Å². The van der Waals surface area contributed by atoms with Crippen LogP contribution in [0.3, 0.4) is 0 Å². The van der Waals surface area contributed by atoms with E-state index in [0.29, 0.717) is 17.0 Å². The lowest BCUT2D eigenvalue weighted by atomic mass is 10.1. The average Bonchev–Trinajstić information content (AvgIpc) is 2.78. The van der Waals surface area contributed by atoms with E-state index in [1.54, 1.807) is 25.1 Å². The molecule has 2 rings (SSSR count). The molecule has 2 amide bonds. The van der Waals surface area contributed by atoms with E-state index in [4.69, 9.17) is 23.2 Å². The van der Waals surface area contributed by atoms with E-state index >= 15 is 0 Å². The van der Waals surface area contributed by atoms with E-state index in [-0.39, 0.29) is 48.5 Å². The number of amides is 2. The fraction of sp³-hybridized carbons (Fsp3) is 0.391. The monoisotopic (exact) mass is 531 g/mol. The Morgan fingerprint density at radius 1 is 1.12 bits per heavy atom. The summed E-state index contributed by atoms with van der Waals surface area (Å²) in [5.41, 5.74) is 0.893. The van der Waals surface area contributed by atoms with Gasteiger partial charge in [-0.2, -0.15) is 0 Å². The van der Waals surface area contributed by atoms with Crippen molar-refractivity contribution in [2.75, 3.05) is 24.2 Å². The molecule has 1 N–H and O–H groups in total. The van der Waals surface area contributed by atoms with Crippen molar-refractivity contribution in [1.82, 2.24) is 10.2 Å². The maximum atomic E-state index is 13.3. The minimum Gasteiger partial charge on any atom is -0.357 e. The van der Waals surface area contributed by atoms with Crippen molar-refractivity contribution in [2.24, 2.45) is 0 Å². The molecule has 0 spiro atoms. The van der Waals surface area contributed by atoms with Crippen molar-refractivity contribution in [3.63, 3.8) is 0 Å². The molecule has 0 heterocycles. The average molecular weight is 532 g/mol. The Morgan fingerprint density at radius 2 is 1.76 bits per heavy atom. The van der Waals surface area contributed by atoms with Crippen LogP contribution in [0.2, 0.25) is 10.0 Å². The molecular formula is C23H28Cl2FN3O4S. The number of rotatable bonds is 11. The number of carbonyl (C=O) groups is 2. The van der Waals surface area contributed by atoms with Gasteiger partial charge in [0.15, 0.2) is 0 Å². The van der Waals surface area contributed by atoms with Crippen molar-refractivity contribution in [1.29, 1.82) is 0 Å². The highest BCUT2D eigenvalue weighted by Crippen LogP contribution is 2.31. The first-order valence-corrected chi connectivity index (χ1v) is 13.3. The second-order valence-electron chi connectivity index (χ2n) is 7.72. The number of hydrogen-bond donors (Lipinski definition) is 1. The molecule has 34 heavy (non-hydrogen) atoms. The maximum absolute atomic E-state index is 13.3. The number of likely N-dealkylation sites (N-methyl/N-ethyl adjacent to an activating group) is 1. The molecule has 0 aliphatic heterocycles. The van der Waals surface area contributed by atoms with E-state index in [9.17, 15) is 22.4 Å². The highest BCUT2D eigenvalue weighted by atomic mass is 35.5. The summed E-state index contributed by atoms with van der Waals surface area (Å²) in [5.74, 6) is -1.05. The molecule has 1 atom stereocenters. The number of carbonyl (C=O) groups excluding carboxylic acids is 2. The maximum Gasteiger partial charge on any atom is 0.242 e. The first kappa shape index (κ1) is 27.9. The molecule has 186 valence electrons. The van der Waals surface area contributed by atoms with Crippen LogP contribution in [0.1, 0.15) is 31.7 Å². The number of sulfonamides is 1. The number of halogens is 3. The van der Waals surface area contributed by atoms with Crippen LogP contribution in [0.4, 0.5) is 10.1 Å². The molecule has 0 aliphatic carbocycles. The SMILES string of the molecule is CC[C@H](C(=O)NC)N(Cc1ccc(F)cc1)C(=O)CCCN(c1cc(Cl)ccc1Cl)S(C)(=O)=O. The number of benzene rings is 2. The molecule has 2 aromatic carbocycles. The highest BCUT2D eigenvalue weighted by Gasteiger charge is 2.28. The van der Waals surface area contributed by atoms with Gasteiger partial charge in [0.05, 0.1) is 17.0 Å². The van der Waals surface area contributed by atoms with Crippen LogP contribution >= 0.6 is 23.2 Å². The van der Waals surface area contributed by atoms with Gasteiger partial charge in [0.1, 0.15) is 11.9 Å². The first-order valence-electron chi connectivity index (χ1n) is 10.7. The van der Waals surface area contributed by atoms with Crippen molar-refractivity contribution in [3.05, 3.63) is 63.9 Å². The zero-order valence-electron chi connectivity index (χ0n) is 19.2. The highest BCUT2D eigenvalue weighted by molar-refractivity contribution is 7.92. The zero-order chi connectivity index (χ0) is 25.5. The molecule has 7 nitrogen and oxygen atoms in total. The van der Waals surface area contributed by atoms with Gasteiger partial charge in [-0.15, -0.1) is 0 Å². The molecule has 2 aromatic rings. The van der Waals surface area contributed by atoms with Gasteiger partial charge in [-0.1, -0.05) is 42.3 Å². The second-order valence-corrected chi connectivity index (χ2v) is 10.5. The number of hydrogen-bond acceptors (Lipinski definition) is 4. The topological polar surface area (TPSA) is 86.8 Å². The Hall–Kier alpha value is -2.36. The Morgan fingerprint density at radius 3 is 2.32 bits per heavy atom. The lowest BCUT2D eigenvalue weighted by Gasteiger charge is -2.31. The summed E-state index contributed by atoms with van der Waals surface area (Å²) < 4.78 is 39.2. The lowest BCUT2D eigenvalue weighted by molar-refractivity contribution is -0.141. The Balaban J connectivity index is 2.21. The minimum atomic E-state index is -3.70. The number of nitrogens with zero attached hydrogens (tertiary/aromatic N) is 2. The summed E-state index contributed by atoms with van der Waals surface area (Å²) >= 11 is 12.2. The Labute approximate surface area is 209 Å². The standard InChI is InChI=1S/C23H28Cl2FN3O4S/c1-4-20(23(31)27-2)28(15-16-7-10-18(26)11-8-16)22(30)6-5-13-29(34(3,32)33)21-14-17(24)9-12-19(21)25/h7-12,14,20H,4-6,13,15H2,1-3H3,(H,27,31)/t20-/m1/s1. The summed E-state index contributed by atoms with van der Waals surface area (Å²) in [7, 11) is -2.21. The third kappa shape index (κ3) is 7.58. The lowest BCUT2D eigenvalue weighted by Crippen LogP contribution is -2.48. The molecule has 0 fully saturated rings. The van der Waals surface area contributed by atoms with Gasteiger partial charge in [0.2, 0.25) is 21.8 Å². The van der Waals surface area contributed by atoms with Crippen molar-refractivity contribution in [2.45, 2.75) is 38.8 Å². The van der Waals surface area contributed by atoms with E-state index in [1.807, 2.05) is 0 Å². The molecule has 0 saturated heterocycles. The molecule has 0 saturated carbocycles. The third-order valence-corrected chi connectivity index (χ3v) is 6.96. The molecule has 0 bridgehead atoms. The predicted octanol–water partition coefficient (Wildman–Crippen LogP) is 4.23. The van der Waals surface area contributed by atoms with Gasteiger partial charge < -0.3 is 10.2 Å². The molecule has 0 aromatic heterocycles. The third-order valence-electron chi connectivity index (χ3n) is 5.23. The number of nitrogens with one attached hydrogen (secondary N) is 1. The van der Waals surface area contributed by atoms with Crippen molar-refractivity contribution >= 4 is 50.7 Å². The van der Waals surface area contributed by atoms with Crippen LogP contribution < -0.4 is 9.62 Å². The molecule has 0 unspecified atom stereocenters. The van der Waals surface area contributed by atoms with E-state index < -0.39 is 21.9 Å². The minimum absolute atomic E-state index is 0.00815. The Kier molecular flexibility index (Phi) is 10.1. The normalized spacial score (nSPS) is 12.2. The summed E-state index contributed by atoms with van der Waals surface area (Å²) in [5, 5.41) is 3.10. The van der Waals surface area contributed by atoms with Crippen LogP contribution in [-0.2, 0) is 26.2 Å². The zero-order valence-corrected chi connectivity index (χ0v) is 21.6. The van der Waals surface area contributed by atoms with E-state index in [2.05, 4.69) is 5.32 Å². The summed E-state index contributed by atoms with van der Waals surface area (Å²) in [4.78, 5) is 27.0. The summed E-state index contributed by atoms with van der Waals surface area (Å²) in [6.45, 7) is 1.89. The molecule has 0 aliphatic rings. The van der Waals surface area contributed by atoms with Gasteiger partial charge in [0, 0.05) is 31.6 Å². The van der Waals surface area contributed by atoms with Gasteiger partial charge >= 0.3 is 0 Å². The van der Waals surface area contributed by atoms with Gasteiger partial charge in [-0.3, -0.25) is 13.9 Å². The van der Waals surface area contributed by atoms with Crippen LogP contribution in [0.15, 0.2) is 42.5 Å². The largest absolute Gasteiger partial charge is 0.357 e. The summed E-state index contributed by atoms with van der Waals surface area (Å²) in [6.07, 6.45) is 1.59. The summed E-state index contributed by atoms with van der Waals surface area (Å²) in [6, 6.07) is 9.46. The van der Waals surface area contributed by atoms with Crippen molar-refractivity contribution < 1.29 is 22.4 Å². The van der Waals surface area contributed by atoms with Gasteiger partial charge in [-0.25, -0.2) is 12.8 Å². The first-order chi connectivity index (χ1) is 16.0. The van der Waals surface area contributed by atoms with E-state index in [0.717, 1.165) is 10.6 Å². The molecule has 0 radical (unpaired) electrons. The number of anilines is 1. The smallest absolute Gasteiger partial charge is 0.242 e. The fourth-order valence-corrected chi connectivity index (χ4v) is 4.94. The second kappa shape index (κ2) is 12.4. The van der Waals surface area contributed by atoms with Crippen molar-refractivity contribution in [3.8, 4) is 0 Å².